The zero-order valence-corrected chi connectivity index (χ0v) is 13.8. The molecule has 2 aromatic carbocycles. The number of oxime groups is 1. The molecule has 0 atom stereocenters. The molecule has 5 nitrogen and oxygen atoms in total. The lowest BCUT2D eigenvalue weighted by Gasteiger charge is -2.03. The first-order chi connectivity index (χ1) is 11.2. The number of para-hydroxylation sites is 1. The lowest BCUT2D eigenvalue weighted by Crippen LogP contribution is -2.13. The molecule has 0 saturated carbocycles. The van der Waals surface area contributed by atoms with Gasteiger partial charge in [-0.1, -0.05) is 45.4 Å². The molecule has 0 saturated heterocycles. The Balaban J connectivity index is 1.98. The van der Waals surface area contributed by atoms with Crippen molar-refractivity contribution >= 4 is 43.9 Å². The third kappa shape index (κ3) is 2.14. The molecule has 0 unspecified atom stereocenters. The standard InChI is InChI=1S/C17H12BrN3O2/c1-23-21-15-11-4-2-3-5-12(11)19-16(15)14-10-7-6-9(18)8-13(10)20-17(14)22/h2-8,20,22H,1H3/b21-15-. The number of aromatic nitrogens is 1. The lowest BCUT2D eigenvalue weighted by molar-refractivity contribution is 0.214. The van der Waals surface area contributed by atoms with Crippen LogP contribution in [0, 0.1) is 0 Å². The Kier molecular flexibility index (Phi) is 3.20. The van der Waals surface area contributed by atoms with Crippen LogP contribution in [0.15, 0.2) is 57.1 Å². The van der Waals surface area contributed by atoms with E-state index in [2.05, 4.69) is 31.1 Å². The summed E-state index contributed by atoms with van der Waals surface area (Å²) in [7, 11) is 1.50. The number of rotatable bonds is 2. The van der Waals surface area contributed by atoms with E-state index in [0.717, 1.165) is 26.6 Å². The summed E-state index contributed by atoms with van der Waals surface area (Å²) in [4.78, 5) is 12.6. The highest BCUT2D eigenvalue weighted by molar-refractivity contribution is 9.10. The van der Waals surface area contributed by atoms with Gasteiger partial charge < -0.3 is 14.9 Å². The molecule has 2 N–H and O–H groups in total. The van der Waals surface area contributed by atoms with Crippen molar-refractivity contribution in [2.24, 2.45) is 10.1 Å². The number of fused-ring (bicyclic) bond motifs is 2. The predicted molar refractivity (Wildman–Crippen MR) is 93.8 cm³/mol. The van der Waals surface area contributed by atoms with E-state index in [-0.39, 0.29) is 5.88 Å². The molecule has 0 fully saturated rings. The summed E-state index contributed by atoms with van der Waals surface area (Å²) < 4.78 is 0.931. The van der Waals surface area contributed by atoms with Crippen LogP contribution >= 0.6 is 15.9 Å². The molecule has 0 aliphatic carbocycles. The maximum atomic E-state index is 10.4. The van der Waals surface area contributed by atoms with Crippen molar-refractivity contribution < 1.29 is 9.94 Å². The monoisotopic (exact) mass is 369 g/mol. The number of H-pyrrole nitrogens is 1. The fourth-order valence-corrected chi connectivity index (χ4v) is 3.19. The minimum Gasteiger partial charge on any atom is -0.494 e. The second-order valence-corrected chi connectivity index (χ2v) is 6.05. The Morgan fingerprint density at radius 3 is 2.87 bits per heavy atom. The fourth-order valence-electron chi connectivity index (χ4n) is 2.83. The maximum absolute atomic E-state index is 10.4. The van der Waals surface area contributed by atoms with Crippen molar-refractivity contribution in [1.82, 2.24) is 4.98 Å². The van der Waals surface area contributed by atoms with Crippen LogP contribution in [0.3, 0.4) is 0 Å². The minimum atomic E-state index is 0.0634. The highest BCUT2D eigenvalue weighted by Crippen LogP contribution is 2.36. The van der Waals surface area contributed by atoms with Crippen LogP contribution in [0.1, 0.15) is 11.1 Å². The first-order valence-corrected chi connectivity index (χ1v) is 7.78. The molecule has 3 aromatic rings. The number of halogens is 1. The molecule has 1 aliphatic rings. The van der Waals surface area contributed by atoms with Gasteiger partial charge in [-0.15, -0.1) is 0 Å². The van der Waals surface area contributed by atoms with Gasteiger partial charge in [0.2, 0.25) is 0 Å². The van der Waals surface area contributed by atoms with Crippen LogP contribution in [-0.2, 0) is 4.84 Å². The van der Waals surface area contributed by atoms with E-state index < -0.39 is 0 Å². The van der Waals surface area contributed by atoms with Gasteiger partial charge in [-0.2, -0.15) is 0 Å². The fraction of sp³-hybridized carbons (Fsp3) is 0.0588. The third-order valence-electron chi connectivity index (χ3n) is 3.78. The van der Waals surface area contributed by atoms with Gasteiger partial charge in [-0.25, -0.2) is 4.99 Å². The number of hydrogen-bond donors (Lipinski definition) is 2. The zero-order valence-electron chi connectivity index (χ0n) is 12.2. The molecule has 6 heteroatoms. The van der Waals surface area contributed by atoms with Crippen LogP contribution in [0.4, 0.5) is 5.69 Å². The molecular weight excluding hydrogens is 358 g/mol. The van der Waals surface area contributed by atoms with Crippen LogP contribution in [-0.4, -0.2) is 28.6 Å². The quantitative estimate of drug-likeness (QED) is 0.667. The predicted octanol–water partition coefficient (Wildman–Crippen LogP) is 4.12. The SMILES string of the molecule is CO/N=C1\C(c2c(O)[nH]c3cc(Br)ccc23)=Nc2ccccc21. The number of hydrogen-bond acceptors (Lipinski definition) is 4. The summed E-state index contributed by atoms with van der Waals surface area (Å²) >= 11 is 3.43. The Morgan fingerprint density at radius 2 is 2.04 bits per heavy atom. The topological polar surface area (TPSA) is 70.0 Å². The van der Waals surface area contributed by atoms with Gasteiger partial charge in [0.25, 0.3) is 0 Å². The number of benzene rings is 2. The zero-order chi connectivity index (χ0) is 16.0. The molecule has 0 bridgehead atoms. The van der Waals surface area contributed by atoms with E-state index in [1.807, 2.05) is 42.5 Å². The Morgan fingerprint density at radius 1 is 1.22 bits per heavy atom. The summed E-state index contributed by atoms with van der Waals surface area (Å²) in [5.74, 6) is 0.0634. The summed E-state index contributed by atoms with van der Waals surface area (Å²) in [5.41, 5.74) is 4.35. The number of aliphatic imine (C=N–C) groups is 1. The van der Waals surface area contributed by atoms with Gasteiger partial charge >= 0.3 is 0 Å². The average Bonchev–Trinajstić information content (AvgIpc) is 3.04. The minimum absolute atomic E-state index is 0.0634. The van der Waals surface area contributed by atoms with Crippen LogP contribution in [0.5, 0.6) is 5.88 Å². The third-order valence-corrected chi connectivity index (χ3v) is 4.27. The summed E-state index contributed by atoms with van der Waals surface area (Å²) in [5, 5.41) is 15.4. The van der Waals surface area contributed by atoms with Gasteiger partial charge in [0, 0.05) is 15.4 Å². The second kappa shape index (κ2) is 5.24. The van der Waals surface area contributed by atoms with Crippen LogP contribution in [0.2, 0.25) is 0 Å². The number of nitrogens with one attached hydrogen (secondary N) is 1. The number of aromatic hydroxyl groups is 1. The molecule has 23 heavy (non-hydrogen) atoms. The highest BCUT2D eigenvalue weighted by Gasteiger charge is 2.29. The first-order valence-electron chi connectivity index (χ1n) is 6.99. The molecule has 4 rings (SSSR count). The molecule has 1 aliphatic heterocycles. The van der Waals surface area contributed by atoms with E-state index in [0.29, 0.717) is 17.0 Å². The summed E-state index contributed by atoms with van der Waals surface area (Å²) in [6.07, 6.45) is 0. The summed E-state index contributed by atoms with van der Waals surface area (Å²) in [6, 6.07) is 13.5. The Hall–Kier alpha value is -2.60. The number of aromatic amines is 1. The molecule has 1 aromatic heterocycles. The Bertz CT molecular complexity index is 989. The molecule has 114 valence electrons. The smallest absolute Gasteiger partial charge is 0.199 e. The van der Waals surface area contributed by atoms with Crippen molar-refractivity contribution in [3.05, 3.63) is 58.1 Å². The van der Waals surface area contributed by atoms with E-state index in [4.69, 9.17) is 4.84 Å². The van der Waals surface area contributed by atoms with Crippen molar-refractivity contribution in [3.8, 4) is 5.88 Å². The summed E-state index contributed by atoms with van der Waals surface area (Å²) in [6.45, 7) is 0. The number of nitrogens with zero attached hydrogens (tertiary/aromatic N) is 2. The molecule has 0 spiro atoms. The first kappa shape index (κ1) is 14.0. The van der Waals surface area contributed by atoms with Gasteiger partial charge in [0.15, 0.2) is 5.88 Å². The van der Waals surface area contributed by atoms with Crippen molar-refractivity contribution in [2.45, 2.75) is 0 Å². The largest absolute Gasteiger partial charge is 0.494 e. The highest BCUT2D eigenvalue weighted by atomic mass is 79.9. The lowest BCUT2D eigenvalue weighted by atomic mass is 10.0. The van der Waals surface area contributed by atoms with E-state index in [1.54, 1.807) is 0 Å². The van der Waals surface area contributed by atoms with Crippen molar-refractivity contribution in [1.29, 1.82) is 0 Å². The molecular formula is C17H12BrN3O2. The van der Waals surface area contributed by atoms with Gasteiger partial charge in [-0.3, -0.25) is 0 Å². The van der Waals surface area contributed by atoms with Crippen molar-refractivity contribution in [2.75, 3.05) is 7.11 Å². The average molecular weight is 370 g/mol. The van der Waals surface area contributed by atoms with E-state index in [9.17, 15) is 5.11 Å². The van der Waals surface area contributed by atoms with Gasteiger partial charge in [0.05, 0.1) is 16.8 Å². The molecule has 0 radical (unpaired) electrons. The van der Waals surface area contributed by atoms with Crippen molar-refractivity contribution in [3.63, 3.8) is 0 Å². The van der Waals surface area contributed by atoms with Crippen LogP contribution in [0.25, 0.3) is 10.9 Å². The van der Waals surface area contributed by atoms with E-state index in [1.165, 1.54) is 7.11 Å². The van der Waals surface area contributed by atoms with Crippen LogP contribution < -0.4 is 0 Å². The Labute approximate surface area is 140 Å². The molecule has 2 heterocycles. The van der Waals surface area contributed by atoms with E-state index >= 15 is 0 Å². The maximum Gasteiger partial charge on any atom is 0.199 e. The van der Waals surface area contributed by atoms with Gasteiger partial charge in [0.1, 0.15) is 18.5 Å². The van der Waals surface area contributed by atoms with Gasteiger partial charge in [-0.05, 0) is 18.2 Å². The second-order valence-electron chi connectivity index (χ2n) is 5.14. The molecule has 0 amide bonds. The normalized spacial score (nSPS) is 15.0.